The Kier molecular flexibility index (Phi) is 8.39. The van der Waals surface area contributed by atoms with Crippen LogP contribution in [0.1, 0.15) is 31.0 Å². The molecule has 0 saturated heterocycles. The smallest absolute Gasteiger partial charge is 0.280 e. The maximum absolute atomic E-state index is 14.0. The number of rotatable bonds is 9. The number of nitro benzene ring substituents is 1. The van der Waals surface area contributed by atoms with Crippen LogP contribution < -0.4 is 34.4 Å². The predicted molar refractivity (Wildman–Crippen MR) is 163 cm³/mol. The van der Waals surface area contributed by atoms with Crippen LogP contribution >= 0.6 is 11.3 Å². The summed E-state index contributed by atoms with van der Waals surface area (Å²) in [6, 6.07) is 18.1. The van der Waals surface area contributed by atoms with Crippen LogP contribution in [-0.4, -0.2) is 36.2 Å². The Morgan fingerprint density at radius 2 is 1.77 bits per heavy atom. The first-order valence-corrected chi connectivity index (χ1v) is 14.1. The lowest BCUT2D eigenvalue weighted by Gasteiger charge is -2.25. The minimum atomic E-state index is -0.821. The van der Waals surface area contributed by atoms with E-state index in [1.165, 1.54) is 37.0 Å². The summed E-state index contributed by atoms with van der Waals surface area (Å²) < 4.78 is 17.8. The van der Waals surface area contributed by atoms with Crippen molar-refractivity contribution < 1.29 is 23.9 Å². The van der Waals surface area contributed by atoms with E-state index in [4.69, 9.17) is 14.2 Å². The van der Waals surface area contributed by atoms with Crippen molar-refractivity contribution in [1.29, 1.82) is 0 Å². The quantitative estimate of drug-likeness (QED) is 0.225. The van der Waals surface area contributed by atoms with Gasteiger partial charge in [-0.2, -0.15) is 0 Å². The highest BCUT2D eigenvalue weighted by molar-refractivity contribution is 7.07. The van der Waals surface area contributed by atoms with E-state index in [-0.39, 0.29) is 27.3 Å². The standard InChI is InChI=1S/C31H28N4O7S/c1-5-42-22-13-11-19(12-14-22)28-27(29(36)33-21-9-7-6-8-10-21)18(2)32-31-34(28)30(37)26(43-31)16-20-15-24(40-3)25(41-4)17-23(20)35(38)39/h6-17,28H,5H2,1-4H3,(H,33,36)/b26-16-/t28-/m1/s1. The summed E-state index contributed by atoms with van der Waals surface area (Å²) in [4.78, 5) is 44.1. The van der Waals surface area contributed by atoms with Crippen molar-refractivity contribution in [1.82, 2.24) is 4.57 Å². The fraction of sp³-hybridized carbons (Fsp3) is 0.194. The monoisotopic (exact) mass is 600 g/mol. The van der Waals surface area contributed by atoms with Gasteiger partial charge in [0.05, 0.1) is 59.2 Å². The summed E-state index contributed by atoms with van der Waals surface area (Å²) in [6.07, 6.45) is 1.43. The molecule has 220 valence electrons. The maximum atomic E-state index is 14.0. The summed E-state index contributed by atoms with van der Waals surface area (Å²) in [5.74, 6) is 0.703. The van der Waals surface area contributed by atoms with Gasteiger partial charge >= 0.3 is 0 Å². The zero-order chi connectivity index (χ0) is 30.7. The van der Waals surface area contributed by atoms with Gasteiger partial charge in [0.25, 0.3) is 17.2 Å². The number of hydrogen-bond donors (Lipinski definition) is 1. The molecule has 0 unspecified atom stereocenters. The topological polar surface area (TPSA) is 134 Å². The van der Waals surface area contributed by atoms with Crippen molar-refractivity contribution >= 4 is 34.7 Å². The van der Waals surface area contributed by atoms with E-state index in [9.17, 15) is 19.7 Å². The van der Waals surface area contributed by atoms with Gasteiger partial charge in [-0.15, -0.1) is 0 Å². The van der Waals surface area contributed by atoms with Crippen molar-refractivity contribution in [2.75, 3.05) is 26.1 Å². The molecule has 0 fully saturated rings. The minimum absolute atomic E-state index is 0.156. The number of nitrogens with zero attached hydrogens (tertiary/aromatic N) is 3. The van der Waals surface area contributed by atoms with E-state index in [0.29, 0.717) is 39.7 Å². The van der Waals surface area contributed by atoms with E-state index < -0.39 is 22.4 Å². The second kappa shape index (κ2) is 12.3. The number of nitro groups is 1. The van der Waals surface area contributed by atoms with Crippen LogP contribution in [0.5, 0.6) is 17.2 Å². The van der Waals surface area contributed by atoms with Crippen molar-refractivity contribution in [3.63, 3.8) is 0 Å². The third-order valence-corrected chi connectivity index (χ3v) is 7.80. The summed E-state index contributed by atoms with van der Waals surface area (Å²) in [5, 5.41) is 14.8. The fourth-order valence-electron chi connectivity index (χ4n) is 4.86. The van der Waals surface area contributed by atoms with Gasteiger partial charge in [0, 0.05) is 5.69 Å². The normalized spacial score (nSPS) is 14.5. The third kappa shape index (κ3) is 5.77. The van der Waals surface area contributed by atoms with Crippen LogP contribution in [-0.2, 0) is 4.79 Å². The Labute approximate surface area is 250 Å². The fourth-order valence-corrected chi connectivity index (χ4v) is 5.90. The number of anilines is 1. The molecule has 43 heavy (non-hydrogen) atoms. The second-order valence-electron chi connectivity index (χ2n) is 9.43. The predicted octanol–water partition coefficient (Wildman–Crippen LogP) is 4.20. The Hall–Kier alpha value is -5.23. The average Bonchev–Trinajstić information content (AvgIpc) is 3.30. The van der Waals surface area contributed by atoms with Gasteiger partial charge in [-0.1, -0.05) is 41.7 Å². The molecule has 5 rings (SSSR count). The number of carbonyl (C=O) groups excluding carboxylic acids is 1. The number of fused-ring (bicyclic) bond motifs is 1. The van der Waals surface area contributed by atoms with Gasteiger partial charge in [-0.3, -0.25) is 24.3 Å². The van der Waals surface area contributed by atoms with Crippen LogP contribution in [0.15, 0.2) is 87.8 Å². The largest absolute Gasteiger partial charge is 0.494 e. The van der Waals surface area contributed by atoms with Gasteiger partial charge in [0.1, 0.15) is 5.75 Å². The van der Waals surface area contributed by atoms with E-state index in [2.05, 4.69) is 10.3 Å². The summed E-state index contributed by atoms with van der Waals surface area (Å²) in [5.41, 5.74) is 1.44. The van der Waals surface area contributed by atoms with Gasteiger partial charge < -0.3 is 19.5 Å². The molecule has 0 bridgehead atoms. The van der Waals surface area contributed by atoms with Crippen molar-refractivity contribution in [3.05, 3.63) is 119 Å². The number of benzene rings is 3. The summed E-state index contributed by atoms with van der Waals surface area (Å²) >= 11 is 1.07. The highest BCUT2D eigenvalue weighted by Gasteiger charge is 2.33. The number of methoxy groups -OCH3 is 2. The van der Waals surface area contributed by atoms with Crippen molar-refractivity contribution in [2.45, 2.75) is 19.9 Å². The first-order chi connectivity index (χ1) is 20.7. The zero-order valence-corrected chi connectivity index (χ0v) is 24.6. The molecule has 3 aromatic carbocycles. The number of carbonyl (C=O) groups is 1. The number of allylic oxidation sites excluding steroid dienone is 1. The SMILES string of the molecule is CCOc1ccc([C@@H]2C(C(=O)Nc3ccccc3)=C(C)N=c3s/c(=C\c4cc(OC)c(OC)cc4[N+](=O)[O-])c(=O)n32)cc1. The Bertz CT molecular complexity index is 1910. The Morgan fingerprint density at radius 1 is 1.09 bits per heavy atom. The van der Waals surface area contributed by atoms with Crippen LogP contribution in [0.25, 0.3) is 6.08 Å². The third-order valence-electron chi connectivity index (χ3n) is 6.82. The van der Waals surface area contributed by atoms with E-state index >= 15 is 0 Å². The Balaban J connectivity index is 1.70. The summed E-state index contributed by atoms with van der Waals surface area (Å²) in [7, 11) is 2.80. The van der Waals surface area contributed by atoms with Crippen LogP contribution in [0.4, 0.5) is 11.4 Å². The number of para-hydroxylation sites is 1. The lowest BCUT2D eigenvalue weighted by atomic mass is 9.95. The molecule has 12 heteroatoms. The van der Waals surface area contributed by atoms with Crippen molar-refractivity contribution in [2.24, 2.45) is 4.99 Å². The molecule has 11 nitrogen and oxygen atoms in total. The number of aromatic nitrogens is 1. The highest BCUT2D eigenvalue weighted by Crippen LogP contribution is 2.35. The molecule has 0 saturated carbocycles. The van der Waals surface area contributed by atoms with Crippen LogP contribution in [0.2, 0.25) is 0 Å². The van der Waals surface area contributed by atoms with Gasteiger partial charge in [0.15, 0.2) is 16.3 Å². The number of amides is 1. The minimum Gasteiger partial charge on any atom is -0.494 e. The molecule has 2 heterocycles. The van der Waals surface area contributed by atoms with Gasteiger partial charge in [0.2, 0.25) is 0 Å². The second-order valence-corrected chi connectivity index (χ2v) is 10.4. The number of thiazole rings is 1. The molecule has 0 aliphatic carbocycles. The Morgan fingerprint density at radius 3 is 2.40 bits per heavy atom. The summed E-state index contributed by atoms with van der Waals surface area (Å²) in [6.45, 7) is 4.09. The van der Waals surface area contributed by atoms with Crippen LogP contribution in [0, 0.1) is 10.1 Å². The van der Waals surface area contributed by atoms with Crippen molar-refractivity contribution in [3.8, 4) is 17.2 Å². The average molecular weight is 601 g/mol. The molecular weight excluding hydrogens is 572 g/mol. The van der Waals surface area contributed by atoms with Crippen LogP contribution in [0.3, 0.4) is 0 Å². The zero-order valence-electron chi connectivity index (χ0n) is 23.8. The van der Waals surface area contributed by atoms with E-state index in [1.54, 1.807) is 43.3 Å². The number of nitrogens with one attached hydrogen (secondary N) is 1. The first-order valence-electron chi connectivity index (χ1n) is 13.3. The molecule has 0 spiro atoms. The molecular formula is C31H28N4O7S. The van der Waals surface area contributed by atoms with E-state index in [1.807, 2.05) is 25.1 Å². The molecule has 1 N–H and O–H groups in total. The van der Waals surface area contributed by atoms with Gasteiger partial charge in [-0.25, -0.2) is 4.99 Å². The lowest BCUT2D eigenvalue weighted by Crippen LogP contribution is -2.40. The molecule has 0 radical (unpaired) electrons. The number of ether oxygens (including phenoxy) is 3. The molecule has 1 aliphatic heterocycles. The van der Waals surface area contributed by atoms with E-state index in [0.717, 1.165) is 11.3 Å². The molecule has 1 amide bonds. The highest BCUT2D eigenvalue weighted by atomic mass is 32.1. The van der Waals surface area contributed by atoms with Gasteiger partial charge in [-0.05, 0) is 55.8 Å². The molecule has 4 aromatic rings. The maximum Gasteiger partial charge on any atom is 0.280 e. The first kappa shape index (κ1) is 29.3. The lowest BCUT2D eigenvalue weighted by molar-refractivity contribution is -0.385. The molecule has 1 aromatic heterocycles. The molecule has 1 aliphatic rings. The molecule has 1 atom stereocenters. The number of hydrogen-bond acceptors (Lipinski definition) is 9.